The van der Waals surface area contributed by atoms with E-state index in [9.17, 15) is 0 Å². The SMILES string of the molecule is COCCOc1ccc(NCc2cc(C)n(C)c2C)cn1. The van der Waals surface area contributed by atoms with E-state index in [1.807, 2.05) is 12.1 Å². The molecule has 0 radical (unpaired) electrons. The van der Waals surface area contributed by atoms with Gasteiger partial charge in [-0.3, -0.25) is 0 Å². The minimum atomic E-state index is 0.513. The number of hydrogen-bond acceptors (Lipinski definition) is 4. The van der Waals surface area contributed by atoms with Crippen molar-refractivity contribution in [2.24, 2.45) is 7.05 Å². The maximum absolute atomic E-state index is 5.44. The Bertz CT molecular complexity index is 576. The monoisotopic (exact) mass is 289 g/mol. The summed E-state index contributed by atoms with van der Waals surface area (Å²) >= 11 is 0. The van der Waals surface area contributed by atoms with Gasteiger partial charge >= 0.3 is 0 Å². The molecule has 0 saturated heterocycles. The van der Waals surface area contributed by atoms with E-state index in [-0.39, 0.29) is 0 Å². The Labute approximate surface area is 125 Å². The van der Waals surface area contributed by atoms with Gasteiger partial charge in [0.25, 0.3) is 0 Å². The van der Waals surface area contributed by atoms with Gasteiger partial charge in [0.2, 0.25) is 5.88 Å². The van der Waals surface area contributed by atoms with E-state index in [1.54, 1.807) is 13.3 Å². The minimum Gasteiger partial charge on any atom is -0.475 e. The first-order valence-corrected chi connectivity index (χ1v) is 7.05. The van der Waals surface area contributed by atoms with Crippen LogP contribution in [-0.4, -0.2) is 29.9 Å². The molecule has 0 aromatic carbocycles. The van der Waals surface area contributed by atoms with Crippen molar-refractivity contribution in [2.75, 3.05) is 25.6 Å². The second-order valence-electron chi connectivity index (χ2n) is 5.04. The number of anilines is 1. The molecule has 0 bridgehead atoms. The number of aromatic nitrogens is 2. The lowest BCUT2D eigenvalue weighted by Gasteiger charge is -2.08. The third-order valence-electron chi connectivity index (χ3n) is 3.64. The third-order valence-corrected chi connectivity index (χ3v) is 3.64. The summed E-state index contributed by atoms with van der Waals surface area (Å²) < 4.78 is 12.6. The van der Waals surface area contributed by atoms with Crippen LogP contribution in [0.3, 0.4) is 0 Å². The molecule has 114 valence electrons. The van der Waals surface area contributed by atoms with Gasteiger partial charge in [-0.05, 0) is 31.5 Å². The molecular weight excluding hydrogens is 266 g/mol. The lowest BCUT2D eigenvalue weighted by atomic mass is 10.2. The van der Waals surface area contributed by atoms with E-state index in [0.717, 1.165) is 12.2 Å². The van der Waals surface area contributed by atoms with Crippen molar-refractivity contribution in [1.29, 1.82) is 0 Å². The minimum absolute atomic E-state index is 0.513. The molecule has 2 rings (SSSR count). The fraction of sp³-hybridized carbons (Fsp3) is 0.438. The van der Waals surface area contributed by atoms with Gasteiger partial charge < -0.3 is 19.4 Å². The normalized spacial score (nSPS) is 10.7. The number of methoxy groups -OCH3 is 1. The van der Waals surface area contributed by atoms with Gasteiger partial charge in [-0.25, -0.2) is 4.98 Å². The van der Waals surface area contributed by atoms with Crippen molar-refractivity contribution >= 4 is 5.69 Å². The van der Waals surface area contributed by atoms with Crippen LogP contribution in [-0.2, 0) is 18.3 Å². The second kappa shape index (κ2) is 7.13. The van der Waals surface area contributed by atoms with Crippen molar-refractivity contribution in [3.8, 4) is 5.88 Å². The molecule has 0 aliphatic carbocycles. The van der Waals surface area contributed by atoms with E-state index in [0.29, 0.717) is 19.1 Å². The molecule has 5 nitrogen and oxygen atoms in total. The van der Waals surface area contributed by atoms with Crippen LogP contribution in [0.4, 0.5) is 5.69 Å². The maximum Gasteiger partial charge on any atom is 0.213 e. The summed E-state index contributed by atoms with van der Waals surface area (Å²) in [5.41, 5.74) is 4.84. The lowest BCUT2D eigenvalue weighted by molar-refractivity contribution is 0.144. The van der Waals surface area contributed by atoms with Crippen LogP contribution in [0, 0.1) is 13.8 Å². The standard InChI is InChI=1S/C16H23N3O2/c1-12-9-14(13(2)19(12)3)10-17-15-5-6-16(18-11-15)21-8-7-20-4/h5-6,9,11,17H,7-8,10H2,1-4H3. The smallest absolute Gasteiger partial charge is 0.213 e. The fourth-order valence-electron chi connectivity index (χ4n) is 2.11. The van der Waals surface area contributed by atoms with Crippen LogP contribution in [0.2, 0.25) is 0 Å². The fourth-order valence-corrected chi connectivity index (χ4v) is 2.11. The summed E-state index contributed by atoms with van der Waals surface area (Å²) in [5.74, 6) is 0.615. The molecule has 1 N–H and O–H groups in total. The Kier molecular flexibility index (Phi) is 5.22. The third kappa shape index (κ3) is 3.98. The Morgan fingerprint density at radius 2 is 2.05 bits per heavy atom. The van der Waals surface area contributed by atoms with Gasteiger partial charge in [-0.2, -0.15) is 0 Å². The first kappa shape index (κ1) is 15.4. The number of rotatable bonds is 7. The zero-order valence-corrected chi connectivity index (χ0v) is 13.1. The summed E-state index contributed by atoms with van der Waals surface area (Å²) in [7, 11) is 3.74. The van der Waals surface area contributed by atoms with E-state index < -0.39 is 0 Å². The van der Waals surface area contributed by atoms with Gasteiger partial charge in [0.1, 0.15) is 6.61 Å². The summed E-state index contributed by atoms with van der Waals surface area (Å²) in [4.78, 5) is 4.26. The number of nitrogens with zero attached hydrogens (tertiary/aromatic N) is 2. The first-order valence-electron chi connectivity index (χ1n) is 7.05. The molecular formula is C16H23N3O2. The topological polar surface area (TPSA) is 48.3 Å². The summed E-state index contributed by atoms with van der Waals surface area (Å²) in [6.07, 6.45) is 1.78. The van der Waals surface area contributed by atoms with Crippen molar-refractivity contribution in [3.05, 3.63) is 41.3 Å². The van der Waals surface area contributed by atoms with Crippen LogP contribution in [0.1, 0.15) is 17.0 Å². The average molecular weight is 289 g/mol. The summed E-state index contributed by atoms with van der Waals surface area (Å²) in [6, 6.07) is 6.04. The van der Waals surface area contributed by atoms with Gasteiger partial charge in [-0.15, -0.1) is 0 Å². The highest BCUT2D eigenvalue weighted by Gasteiger charge is 2.05. The van der Waals surface area contributed by atoms with Crippen LogP contribution < -0.4 is 10.1 Å². The first-order chi connectivity index (χ1) is 10.1. The van der Waals surface area contributed by atoms with Crippen LogP contribution in [0.5, 0.6) is 5.88 Å². The van der Waals surface area contributed by atoms with E-state index >= 15 is 0 Å². The Morgan fingerprint density at radius 3 is 2.62 bits per heavy atom. The molecule has 2 heterocycles. The predicted octanol–water partition coefficient (Wildman–Crippen LogP) is 2.67. The number of pyridine rings is 1. The zero-order valence-electron chi connectivity index (χ0n) is 13.1. The Hall–Kier alpha value is -2.01. The Morgan fingerprint density at radius 1 is 1.24 bits per heavy atom. The van der Waals surface area contributed by atoms with Crippen LogP contribution in [0.15, 0.2) is 24.4 Å². The molecule has 0 spiro atoms. The van der Waals surface area contributed by atoms with Gasteiger partial charge in [-0.1, -0.05) is 0 Å². The quantitative estimate of drug-likeness (QED) is 0.796. The summed E-state index contributed by atoms with van der Waals surface area (Å²) in [6.45, 7) is 6.12. The summed E-state index contributed by atoms with van der Waals surface area (Å²) in [5, 5.41) is 3.38. The van der Waals surface area contributed by atoms with E-state index in [1.165, 1.54) is 17.0 Å². The highest BCUT2D eigenvalue weighted by molar-refractivity contribution is 5.43. The molecule has 0 saturated carbocycles. The molecule has 2 aromatic heterocycles. The van der Waals surface area contributed by atoms with Gasteiger partial charge in [0.15, 0.2) is 0 Å². The maximum atomic E-state index is 5.44. The average Bonchev–Trinajstić information content (AvgIpc) is 2.74. The highest BCUT2D eigenvalue weighted by Crippen LogP contribution is 2.16. The number of nitrogens with one attached hydrogen (secondary N) is 1. The van der Waals surface area contributed by atoms with Crippen LogP contribution >= 0.6 is 0 Å². The molecule has 2 aromatic rings. The molecule has 0 atom stereocenters. The number of hydrogen-bond donors (Lipinski definition) is 1. The second-order valence-corrected chi connectivity index (χ2v) is 5.04. The Balaban J connectivity index is 1.90. The van der Waals surface area contributed by atoms with Gasteiger partial charge in [0.05, 0.1) is 18.5 Å². The molecule has 0 amide bonds. The lowest BCUT2D eigenvalue weighted by Crippen LogP contribution is -2.06. The molecule has 0 aliphatic heterocycles. The van der Waals surface area contributed by atoms with Crippen molar-refractivity contribution in [3.63, 3.8) is 0 Å². The van der Waals surface area contributed by atoms with Crippen molar-refractivity contribution in [2.45, 2.75) is 20.4 Å². The molecule has 5 heteroatoms. The van der Waals surface area contributed by atoms with Crippen LogP contribution in [0.25, 0.3) is 0 Å². The van der Waals surface area contributed by atoms with Crippen molar-refractivity contribution in [1.82, 2.24) is 9.55 Å². The molecule has 0 fully saturated rings. The number of ether oxygens (including phenoxy) is 2. The highest BCUT2D eigenvalue weighted by atomic mass is 16.5. The van der Waals surface area contributed by atoms with Gasteiger partial charge in [0, 0.05) is 38.2 Å². The van der Waals surface area contributed by atoms with E-state index in [4.69, 9.17) is 9.47 Å². The number of aryl methyl sites for hydroxylation is 1. The molecule has 0 aliphatic rings. The largest absolute Gasteiger partial charge is 0.475 e. The van der Waals surface area contributed by atoms with Crippen molar-refractivity contribution < 1.29 is 9.47 Å². The molecule has 21 heavy (non-hydrogen) atoms. The zero-order chi connectivity index (χ0) is 15.2. The predicted molar refractivity (Wildman–Crippen MR) is 83.8 cm³/mol. The van der Waals surface area contributed by atoms with E-state index in [2.05, 4.69) is 41.8 Å². The molecule has 0 unspecified atom stereocenters.